The molecular formula is C17H24O2S4. The smallest absolute Gasteiger partial charge is 0.133 e. The van der Waals surface area contributed by atoms with E-state index >= 15 is 0 Å². The van der Waals surface area contributed by atoms with Gasteiger partial charge in [0.1, 0.15) is 11.6 Å². The highest BCUT2D eigenvalue weighted by atomic mass is 32.2. The molecule has 2 nitrogen and oxygen atoms in total. The lowest BCUT2D eigenvalue weighted by atomic mass is 9.97. The summed E-state index contributed by atoms with van der Waals surface area (Å²) < 4.78 is 0.696. The Kier molecular flexibility index (Phi) is 4.83. The number of ketones is 2. The summed E-state index contributed by atoms with van der Waals surface area (Å²) in [6, 6.07) is 0. The zero-order valence-corrected chi connectivity index (χ0v) is 16.7. The van der Waals surface area contributed by atoms with E-state index in [-0.39, 0.29) is 0 Å². The van der Waals surface area contributed by atoms with Crippen molar-refractivity contribution in [2.45, 2.75) is 59.5 Å². The number of carbonyl (C=O) groups excluding carboxylic acids is 2. The second-order valence-electron chi connectivity index (χ2n) is 7.55. The van der Waals surface area contributed by atoms with Crippen molar-refractivity contribution in [1.82, 2.24) is 0 Å². The molecule has 2 saturated heterocycles. The van der Waals surface area contributed by atoms with Gasteiger partial charge < -0.3 is 0 Å². The van der Waals surface area contributed by atoms with E-state index in [2.05, 4.69) is 47.0 Å². The molecule has 0 amide bonds. The molecule has 0 N–H and O–H groups in total. The van der Waals surface area contributed by atoms with Crippen LogP contribution in [0.4, 0.5) is 0 Å². The molecule has 6 heteroatoms. The van der Waals surface area contributed by atoms with Gasteiger partial charge in [-0.15, -0.1) is 47.0 Å². The minimum atomic E-state index is 0.348. The Morgan fingerprint density at radius 2 is 0.870 bits per heavy atom. The molecule has 4 fully saturated rings. The molecule has 0 bridgehead atoms. The first-order valence-corrected chi connectivity index (χ1v) is 12.6. The van der Waals surface area contributed by atoms with Gasteiger partial charge in [0.15, 0.2) is 0 Å². The fraction of sp³-hybridized carbons (Fsp3) is 0.882. The van der Waals surface area contributed by atoms with Gasteiger partial charge in [-0.3, -0.25) is 9.59 Å². The molecule has 3 spiro atoms. The van der Waals surface area contributed by atoms with Gasteiger partial charge in [0.2, 0.25) is 0 Å². The van der Waals surface area contributed by atoms with E-state index in [1.807, 2.05) is 0 Å². The quantitative estimate of drug-likeness (QED) is 0.603. The zero-order valence-electron chi connectivity index (χ0n) is 13.4. The number of hydrogen-bond acceptors (Lipinski definition) is 6. The Morgan fingerprint density at radius 3 is 1.17 bits per heavy atom. The van der Waals surface area contributed by atoms with Crippen LogP contribution < -0.4 is 0 Å². The average molecular weight is 389 g/mol. The molecule has 0 aromatic heterocycles. The van der Waals surface area contributed by atoms with Crippen LogP contribution in [0.3, 0.4) is 0 Å². The topological polar surface area (TPSA) is 34.1 Å². The van der Waals surface area contributed by atoms with Gasteiger partial charge in [-0.2, -0.15) is 0 Å². The first-order valence-electron chi connectivity index (χ1n) is 8.62. The van der Waals surface area contributed by atoms with Gasteiger partial charge in [-0.1, -0.05) is 0 Å². The van der Waals surface area contributed by atoms with Gasteiger partial charge in [-0.05, 0) is 25.7 Å². The number of thioether (sulfide) groups is 4. The molecule has 2 heterocycles. The SMILES string of the molecule is O=C1CCC2(CC1)SCC1(CS2)CSC2(CCC(=O)CC2)SC1. The highest BCUT2D eigenvalue weighted by Gasteiger charge is 2.50. The van der Waals surface area contributed by atoms with Crippen LogP contribution >= 0.6 is 47.0 Å². The van der Waals surface area contributed by atoms with E-state index < -0.39 is 0 Å². The summed E-state index contributed by atoms with van der Waals surface area (Å²) in [4.78, 5) is 23.1. The van der Waals surface area contributed by atoms with Gasteiger partial charge in [0.25, 0.3) is 0 Å². The third kappa shape index (κ3) is 3.52. The normalized spacial score (nSPS) is 32.5. The summed E-state index contributed by atoms with van der Waals surface area (Å²) in [5.74, 6) is 6.00. The van der Waals surface area contributed by atoms with E-state index in [1.165, 1.54) is 23.0 Å². The Morgan fingerprint density at radius 1 is 0.565 bits per heavy atom. The standard InChI is InChI=1S/C17H24O2S4/c18-13-1-5-16(6-2-13)20-9-15(10-21-16)11-22-17(23-12-15)7-3-14(19)4-8-17/h1-12H2. The molecule has 23 heavy (non-hydrogen) atoms. The molecule has 2 aliphatic heterocycles. The fourth-order valence-corrected chi connectivity index (χ4v) is 11.5. The Bertz CT molecular complexity index is 429. The summed E-state index contributed by atoms with van der Waals surface area (Å²) in [5.41, 5.74) is 0.476. The minimum Gasteiger partial charge on any atom is -0.300 e. The Balaban J connectivity index is 1.34. The van der Waals surface area contributed by atoms with Crippen molar-refractivity contribution in [2.24, 2.45) is 5.41 Å². The summed E-state index contributed by atoms with van der Waals surface area (Å²) in [7, 11) is 0. The van der Waals surface area contributed by atoms with Gasteiger partial charge in [0.05, 0.1) is 8.16 Å². The van der Waals surface area contributed by atoms with Crippen molar-refractivity contribution in [3.63, 3.8) is 0 Å². The summed E-state index contributed by atoms with van der Waals surface area (Å²) in [6.45, 7) is 0. The molecule has 128 valence electrons. The van der Waals surface area contributed by atoms with E-state index in [4.69, 9.17) is 0 Å². The average Bonchev–Trinajstić information content (AvgIpc) is 2.59. The van der Waals surface area contributed by atoms with Crippen molar-refractivity contribution in [1.29, 1.82) is 0 Å². The molecule has 0 unspecified atom stereocenters. The zero-order chi connectivity index (χ0) is 16.0. The fourth-order valence-electron chi connectivity index (χ4n) is 3.87. The van der Waals surface area contributed by atoms with E-state index in [1.54, 1.807) is 0 Å². The molecule has 2 aliphatic carbocycles. The lowest BCUT2D eigenvalue weighted by molar-refractivity contribution is -0.121. The van der Waals surface area contributed by atoms with Crippen LogP contribution in [0.1, 0.15) is 51.4 Å². The maximum absolute atomic E-state index is 11.5. The molecule has 2 saturated carbocycles. The highest BCUT2D eigenvalue weighted by molar-refractivity contribution is 8.20. The number of hydrogen-bond donors (Lipinski definition) is 0. The van der Waals surface area contributed by atoms with Crippen molar-refractivity contribution < 1.29 is 9.59 Å². The predicted molar refractivity (Wildman–Crippen MR) is 105 cm³/mol. The van der Waals surface area contributed by atoms with Gasteiger partial charge in [-0.25, -0.2) is 0 Å². The van der Waals surface area contributed by atoms with Gasteiger partial charge >= 0.3 is 0 Å². The molecule has 0 aromatic carbocycles. The molecule has 0 radical (unpaired) electrons. The lowest BCUT2D eigenvalue weighted by Gasteiger charge is -2.52. The maximum Gasteiger partial charge on any atom is 0.133 e. The third-order valence-electron chi connectivity index (χ3n) is 5.70. The van der Waals surface area contributed by atoms with Crippen LogP contribution in [-0.2, 0) is 9.59 Å². The molecule has 4 rings (SSSR count). The van der Waals surface area contributed by atoms with Gasteiger partial charge in [0, 0.05) is 54.1 Å². The van der Waals surface area contributed by atoms with E-state index in [0.29, 0.717) is 25.1 Å². The largest absolute Gasteiger partial charge is 0.300 e. The van der Waals surface area contributed by atoms with Crippen LogP contribution in [0, 0.1) is 5.41 Å². The van der Waals surface area contributed by atoms with Crippen molar-refractivity contribution in [3.8, 4) is 0 Å². The minimum absolute atomic E-state index is 0.348. The number of carbonyl (C=O) groups is 2. The van der Waals surface area contributed by atoms with Crippen molar-refractivity contribution in [2.75, 3.05) is 23.0 Å². The highest BCUT2D eigenvalue weighted by Crippen LogP contribution is 2.61. The third-order valence-corrected chi connectivity index (χ3v) is 13.9. The van der Waals surface area contributed by atoms with Crippen LogP contribution in [0.25, 0.3) is 0 Å². The molecule has 0 aromatic rings. The predicted octanol–water partition coefficient (Wildman–Crippen LogP) is 4.61. The van der Waals surface area contributed by atoms with Crippen molar-refractivity contribution in [3.05, 3.63) is 0 Å². The molecule has 0 atom stereocenters. The lowest BCUT2D eigenvalue weighted by Crippen LogP contribution is -2.47. The first-order chi connectivity index (χ1) is 11.0. The van der Waals surface area contributed by atoms with Crippen LogP contribution in [-0.4, -0.2) is 42.7 Å². The molecular weight excluding hydrogens is 364 g/mol. The van der Waals surface area contributed by atoms with Crippen LogP contribution in [0.15, 0.2) is 0 Å². The monoisotopic (exact) mass is 388 g/mol. The van der Waals surface area contributed by atoms with E-state index in [0.717, 1.165) is 51.4 Å². The Hall–Kier alpha value is 0.740. The van der Waals surface area contributed by atoms with Crippen LogP contribution in [0.2, 0.25) is 0 Å². The maximum atomic E-state index is 11.5. The molecule has 4 aliphatic rings. The summed E-state index contributed by atoms with van der Waals surface area (Å²) in [5, 5.41) is 0. The van der Waals surface area contributed by atoms with Crippen molar-refractivity contribution >= 4 is 58.6 Å². The second kappa shape index (κ2) is 6.48. The summed E-state index contributed by atoms with van der Waals surface area (Å²) in [6.07, 6.45) is 7.54. The summed E-state index contributed by atoms with van der Waals surface area (Å²) >= 11 is 8.64. The van der Waals surface area contributed by atoms with E-state index in [9.17, 15) is 9.59 Å². The number of Topliss-reactive ketones (excluding diaryl/α,β-unsaturated/α-hetero) is 2. The first kappa shape index (κ1) is 17.2. The van der Waals surface area contributed by atoms with Crippen LogP contribution in [0.5, 0.6) is 0 Å². The Labute approximate surface area is 155 Å². The number of rotatable bonds is 0. The second-order valence-corrected chi connectivity index (χ2v) is 13.5.